The summed E-state index contributed by atoms with van der Waals surface area (Å²) in [5.74, 6) is 0.952. The number of carbonyl (C=O) groups excluding carboxylic acids is 2. The predicted octanol–water partition coefficient (Wildman–Crippen LogP) is 3.02. The second kappa shape index (κ2) is 10.8. The molecule has 1 aromatic carbocycles. The van der Waals surface area contributed by atoms with Gasteiger partial charge in [-0.15, -0.1) is 0 Å². The molecule has 2 heterocycles. The van der Waals surface area contributed by atoms with Gasteiger partial charge in [-0.1, -0.05) is 28.8 Å². The van der Waals surface area contributed by atoms with Gasteiger partial charge in [-0.2, -0.15) is 0 Å². The van der Waals surface area contributed by atoms with Crippen molar-refractivity contribution in [2.75, 3.05) is 52.9 Å². The van der Waals surface area contributed by atoms with Gasteiger partial charge in [0.15, 0.2) is 0 Å². The van der Waals surface area contributed by atoms with Gasteiger partial charge in [-0.05, 0) is 37.1 Å². The second-order valence-corrected chi connectivity index (χ2v) is 8.53. The molecule has 0 aliphatic carbocycles. The van der Waals surface area contributed by atoms with Crippen LogP contribution in [0.2, 0.25) is 0 Å². The van der Waals surface area contributed by atoms with Crippen molar-refractivity contribution in [1.29, 1.82) is 0 Å². The van der Waals surface area contributed by atoms with Gasteiger partial charge < -0.3 is 14.5 Å². The molecule has 2 amide bonds. The molecule has 0 N–H and O–H groups in total. The Labute approximate surface area is 181 Å². The number of methoxy groups -OCH3 is 1. The fraction of sp³-hybridized carbons (Fsp3) is 0.545. The Morgan fingerprint density at radius 2 is 1.69 bits per heavy atom. The van der Waals surface area contributed by atoms with E-state index in [0.717, 1.165) is 54.8 Å². The summed E-state index contributed by atoms with van der Waals surface area (Å²) in [6, 6.07) is 5.70. The van der Waals surface area contributed by atoms with Crippen molar-refractivity contribution in [3.8, 4) is 5.75 Å². The van der Waals surface area contributed by atoms with E-state index in [0.29, 0.717) is 19.6 Å². The van der Waals surface area contributed by atoms with Crippen LogP contribution in [0.3, 0.4) is 0 Å². The summed E-state index contributed by atoms with van der Waals surface area (Å²) in [6.07, 6.45) is 8.07. The zero-order valence-corrected chi connectivity index (χ0v) is 18.7. The maximum Gasteiger partial charge on any atom is 0.246 e. The van der Waals surface area contributed by atoms with Crippen LogP contribution in [0, 0.1) is 0 Å². The van der Waals surface area contributed by atoms with Crippen LogP contribution in [0.1, 0.15) is 31.2 Å². The maximum absolute atomic E-state index is 12.6. The molecule has 0 aromatic heterocycles. The average Bonchev–Trinajstić information content (AvgIpc) is 3.02. The summed E-state index contributed by atoms with van der Waals surface area (Å²) in [5.41, 5.74) is 0.858. The summed E-state index contributed by atoms with van der Waals surface area (Å²) >= 11 is 3.45. The smallest absolute Gasteiger partial charge is 0.246 e. The molecule has 0 bridgehead atoms. The SMILES string of the molecule is COc1ccc(Br)cc1C=CC(=O)N1CCN(CC(=O)N2CCCCCC2)CC1. The molecular weight excluding hydrogens is 434 g/mol. The standard InChI is InChI=1S/C22H30BrN3O3/c1-29-20-8-7-19(23)16-18(20)6-9-21(27)26-14-12-24(13-15-26)17-22(28)25-10-4-2-3-5-11-25/h6-9,16H,2-5,10-15,17H2,1H3. The van der Waals surface area contributed by atoms with E-state index in [1.807, 2.05) is 28.0 Å². The first-order chi connectivity index (χ1) is 14.1. The monoisotopic (exact) mass is 463 g/mol. The van der Waals surface area contributed by atoms with Crippen LogP contribution in [-0.4, -0.2) is 79.4 Å². The Bertz CT molecular complexity index is 737. The molecule has 1 aromatic rings. The van der Waals surface area contributed by atoms with E-state index >= 15 is 0 Å². The summed E-state index contributed by atoms with van der Waals surface area (Å²) in [5, 5.41) is 0. The lowest BCUT2D eigenvalue weighted by molar-refractivity contribution is -0.133. The lowest BCUT2D eigenvalue weighted by Crippen LogP contribution is -2.51. The first-order valence-electron chi connectivity index (χ1n) is 10.4. The van der Waals surface area contributed by atoms with E-state index in [1.165, 1.54) is 12.8 Å². The van der Waals surface area contributed by atoms with Gasteiger partial charge in [0.1, 0.15) is 5.75 Å². The fourth-order valence-electron chi connectivity index (χ4n) is 3.84. The minimum Gasteiger partial charge on any atom is -0.496 e. The van der Waals surface area contributed by atoms with Gasteiger partial charge in [0.05, 0.1) is 13.7 Å². The molecular formula is C22H30BrN3O3. The fourth-order valence-corrected chi connectivity index (χ4v) is 4.22. The highest BCUT2D eigenvalue weighted by Gasteiger charge is 2.23. The minimum absolute atomic E-state index is 0.00877. The van der Waals surface area contributed by atoms with Crippen LogP contribution < -0.4 is 4.74 Å². The van der Waals surface area contributed by atoms with Gasteiger partial charge in [0.25, 0.3) is 0 Å². The van der Waals surface area contributed by atoms with E-state index < -0.39 is 0 Å². The Kier molecular flexibility index (Phi) is 8.12. The van der Waals surface area contributed by atoms with Gasteiger partial charge in [-0.3, -0.25) is 14.5 Å². The number of likely N-dealkylation sites (tertiary alicyclic amines) is 1. The molecule has 2 saturated heterocycles. The molecule has 158 valence electrons. The number of hydrogen-bond donors (Lipinski definition) is 0. The van der Waals surface area contributed by atoms with Gasteiger partial charge in [0, 0.05) is 55.4 Å². The highest BCUT2D eigenvalue weighted by atomic mass is 79.9. The number of hydrogen-bond acceptors (Lipinski definition) is 4. The van der Waals surface area contributed by atoms with Crippen LogP contribution in [0.15, 0.2) is 28.7 Å². The number of halogens is 1. The molecule has 2 aliphatic heterocycles. The van der Waals surface area contributed by atoms with Crippen LogP contribution in [0.25, 0.3) is 6.08 Å². The first-order valence-corrected chi connectivity index (χ1v) is 11.2. The van der Waals surface area contributed by atoms with Crippen molar-refractivity contribution >= 4 is 33.8 Å². The third-order valence-electron chi connectivity index (χ3n) is 5.60. The molecule has 29 heavy (non-hydrogen) atoms. The Hall–Kier alpha value is -1.86. The van der Waals surface area contributed by atoms with Crippen LogP contribution in [0.5, 0.6) is 5.75 Å². The largest absolute Gasteiger partial charge is 0.496 e. The predicted molar refractivity (Wildman–Crippen MR) is 118 cm³/mol. The molecule has 6 nitrogen and oxygen atoms in total. The van der Waals surface area contributed by atoms with Gasteiger partial charge in [-0.25, -0.2) is 0 Å². The van der Waals surface area contributed by atoms with Crippen LogP contribution in [-0.2, 0) is 9.59 Å². The average molecular weight is 464 g/mol. The van der Waals surface area contributed by atoms with Crippen LogP contribution >= 0.6 is 15.9 Å². The zero-order chi connectivity index (χ0) is 20.6. The van der Waals surface area contributed by atoms with Crippen molar-refractivity contribution < 1.29 is 14.3 Å². The topological polar surface area (TPSA) is 53.1 Å². The number of rotatable bonds is 5. The molecule has 0 atom stereocenters. The number of nitrogens with zero attached hydrogens (tertiary/aromatic N) is 3. The van der Waals surface area contributed by atoms with Crippen molar-refractivity contribution in [3.05, 3.63) is 34.3 Å². The normalized spacial score (nSPS) is 18.7. The van der Waals surface area contributed by atoms with Gasteiger partial charge in [0.2, 0.25) is 11.8 Å². The molecule has 2 aliphatic rings. The molecule has 0 spiro atoms. The molecule has 0 unspecified atom stereocenters. The number of carbonyl (C=O) groups is 2. The summed E-state index contributed by atoms with van der Waals surface area (Å²) in [4.78, 5) is 31.1. The molecule has 2 fully saturated rings. The van der Waals surface area contributed by atoms with Crippen molar-refractivity contribution in [2.24, 2.45) is 0 Å². The first kappa shape index (κ1) is 21.8. The maximum atomic E-state index is 12.6. The third-order valence-corrected chi connectivity index (χ3v) is 6.09. The van der Waals surface area contributed by atoms with Gasteiger partial charge >= 0.3 is 0 Å². The van der Waals surface area contributed by atoms with E-state index in [2.05, 4.69) is 20.8 Å². The van der Waals surface area contributed by atoms with Crippen LogP contribution in [0.4, 0.5) is 0 Å². The van der Waals surface area contributed by atoms with E-state index in [9.17, 15) is 9.59 Å². The Balaban J connectivity index is 1.48. The number of amides is 2. The summed E-state index contributed by atoms with van der Waals surface area (Å²) in [7, 11) is 1.62. The van der Waals surface area contributed by atoms with E-state index in [-0.39, 0.29) is 11.8 Å². The molecule has 3 rings (SSSR count). The lowest BCUT2D eigenvalue weighted by Gasteiger charge is -2.35. The summed E-state index contributed by atoms with van der Waals surface area (Å²) in [6.45, 7) is 5.01. The Morgan fingerprint density at radius 1 is 1.00 bits per heavy atom. The zero-order valence-electron chi connectivity index (χ0n) is 17.1. The highest BCUT2D eigenvalue weighted by molar-refractivity contribution is 9.10. The van der Waals surface area contributed by atoms with Crippen molar-refractivity contribution in [2.45, 2.75) is 25.7 Å². The number of piperazine rings is 1. The summed E-state index contributed by atoms with van der Waals surface area (Å²) < 4.78 is 6.29. The molecule has 7 heteroatoms. The third kappa shape index (κ3) is 6.31. The second-order valence-electron chi connectivity index (χ2n) is 7.62. The van der Waals surface area contributed by atoms with Crippen molar-refractivity contribution in [3.63, 3.8) is 0 Å². The van der Waals surface area contributed by atoms with E-state index in [4.69, 9.17) is 4.74 Å². The quantitative estimate of drug-likeness (QED) is 0.629. The number of ether oxygens (including phenoxy) is 1. The number of benzene rings is 1. The van der Waals surface area contributed by atoms with E-state index in [1.54, 1.807) is 19.3 Å². The molecule has 0 radical (unpaired) electrons. The minimum atomic E-state index is -0.00877. The lowest BCUT2D eigenvalue weighted by atomic mass is 10.2. The Morgan fingerprint density at radius 3 is 2.34 bits per heavy atom. The van der Waals surface area contributed by atoms with Crippen molar-refractivity contribution in [1.82, 2.24) is 14.7 Å². The molecule has 0 saturated carbocycles. The highest BCUT2D eigenvalue weighted by Crippen LogP contribution is 2.24.